The van der Waals surface area contributed by atoms with Gasteiger partial charge in [0.2, 0.25) is 0 Å². The summed E-state index contributed by atoms with van der Waals surface area (Å²) in [4.78, 5) is 12.4. The number of benzene rings is 3. The molecule has 3 aromatic rings. The molecule has 156 valence electrons. The van der Waals surface area contributed by atoms with Crippen LogP contribution in [-0.2, 0) is 10.0 Å². The van der Waals surface area contributed by atoms with Gasteiger partial charge in [0, 0.05) is 16.9 Å². The molecular formula is C22H22N2O5S. The van der Waals surface area contributed by atoms with E-state index in [2.05, 4.69) is 10.0 Å². The minimum absolute atomic E-state index is 0.0771. The number of amides is 1. The maximum Gasteiger partial charge on any atom is 0.261 e. The van der Waals surface area contributed by atoms with Crippen molar-refractivity contribution in [2.45, 2.75) is 17.9 Å². The number of hydrogen-bond donors (Lipinski definition) is 3. The van der Waals surface area contributed by atoms with Crippen LogP contribution < -0.4 is 14.8 Å². The van der Waals surface area contributed by atoms with Gasteiger partial charge in [-0.2, -0.15) is 0 Å². The molecule has 0 aromatic heterocycles. The molecule has 0 aliphatic heterocycles. The fourth-order valence-electron chi connectivity index (χ4n) is 2.71. The van der Waals surface area contributed by atoms with E-state index in [1.54, 1.807) is 50.4 Å². The topological polar surface area (TPSA) is 105 Å². The Kier molecular flexibility index (Phi) is 6.39. The van der Waals surface area contributed by atoms with Gasteiger partial charge >= 0.3 is 0 Å². The highest BCUT2D eigenvalue weighted by Gasteiger charge is 2.15. The van der Waals surface area contributed by atoms with Crippen LogP contribution in [0.15, 0.2) is 77.7 Å². The van der Waals surface area contributed by atoms with E-state index in [9.17, 15) is 18.3 Å². The van der Waals surface area contributed by atoms with Gasteiger partial charge in [0.1, 0.15) is 5.75 Å². The normalized spacial score (nSPS) is 12.1. The molecule has 7 nitrogen and oxygen atoms in total. The Morgan fingerprint density at radius 3 is 2.00 bits per heavy atom. The smallest absolute Gasteiger partial charge is 0.261 e. The first-order valence-electron chi connectivity index (χ1n) is 9.15. The maximum atomic E-state index is 12.5. The molecule has 0 aliphatic carbocycles. The van der Waals surface area contributed by atoms with Crippen LogP contribution in [-0.4, -0.2) is 26.5 Å². The third-order valence-electron chi connectivity index (χ3n) is 4.42. The molecule has 3 aromatic carbocycles. The van der Waals surface area contributed by atoms with Crippen molar-refractivity contribution in [3.05, 3.63) is 83.9 Å². The molecule has 0 saturated heterocycles. The number of nitrogens with one attached hydrogen (secondary N) is 2. The average molecular weight is 426 g/mol. The monoisotopic (exact) mass is 426 g/mol. The molecule has 0 fully saturated rings. The molecule has 0 spiro atoms. The molecule has 1 amide bonds. The fourth-order valence-corrected chi connectivity index (χ4v) is 3.77. The predicted molar refractivity (Wildman–Crippen MR) is 115 cm³/mol. The lowest BCUT2D eigenvalue weighted by Crippen LogP contribution is -2.14. The molecule has 0 bridgehead atoms. The molecule has 0 unspecified atom stereocenters. The van der Waals surface area contributed by atoms with E-state index in [1.165, 1.54) is 36.4 Å². The third-order valence-corrected chi connectivity index (χ3v) is 5.82. The summed E-state index contributed by atoms with van der Waals surface area (Å²) in [6.45, 7) is 1.61. The zero-order valence-electron chi connectivity index (χ0n) is 16.5. The van der Waals surface area contributed by atoms with Crippen LogP contribution in [0.25, 0.3) is 0 Å². The van der Waals surface area contributed by atoms with Gasteiger partial charge in [-0.15, -0.1) is 0 Å². The number of ether oxygens (including phenoxy) is 1. The van der Waals surface area contributed by atoms with Gasteiger partial charge in [0.05, 0.1) is 18.1 Å². The number of carbonyl (C=O) groups is 1. The SMILES string of the molecule is COc1ccc(NC(=O)c2ccc(NS(=O)(=O)c3ccc([C@@H](C)O)cc3)cc2)cc1. The second-order valence-electron chi connectivity index (χ2n) is 6.61. The molecule has 0 heterocycles. The zero-order chi connectivity index (χ0) is 21.7. The number of aliphatic hydroxyl groups is 1. The van der Waals surface area contributed by atoms with E-state index < -0.39 is 16.1 Å². The average Bonchev–Trinajstić information content (AvgIpc) is 2.74. The van der Waals surface area contributed by atoms with Crippen LogP contribution in [0.3, 0.4) is 0 Å². The summed E-state index contributed by atoms with van der Waals surface area (Å²) >= 11 is 0. The summed E-state index contributed by atoms with van der Waals surface area (Å²) in [7, 11) is -2.22. The number of carbonyl (C=O) groups excluding carboxylic acids is 1. The van der Waals surface area contributed by atoms with Crippen molar-refractivity contribution < 1.29 is 23.1 Å². The molecule has 0 aliphatic rings. The Morgan fingerprint density at radius 1 is 0.900 bits per heavy atom. The summed E-state index contributed by atoms with van der Waals surface area (Å²) in [6, 6.07) is 19.0. The van der Waals surface area contributed by atoms with Crippen LogP contribution in [0.5, 0.6) is 5.75 Å². The highest BCUT2D eigenvalue weighted by Crippen LogP contribution is 2.20. The number of methoxy groups -OCH3 is 1. The van der Waals surface area contributed by atoms with Gasteiger partial charge in [0.15, 0.2) is 0 Å². The van der Waals surface area contributed by atoms with E-state index in [1.807, 2.05) is 0 Å². The van der Waals surface area contributed by atoms with Crippen LogP contribution in [0.1, 0.15) is 28.9 Å². The van der Waals surface area contributed by atoms with Crippen molar-refractivity contribution in [3.8, 4) is 5.75 Å². The lowest BCUT2D eigenvalue weighted by molar-refractivity contribution is 0.102. The first-order chi connectivity index (χ1) is 14.3. The van der Waals surface area contributed by atoms with Crippen LogP contribution in [0.4, 0.5) is 11.4 Å². The highest BCUT2D eigenvalue weighted by atomic mass is 32.2. The molecular weight excluding hydrogens is 404 g/mol. The van der Waals surface area contributed by atoms with Crippen molar-refractivity contribution in [2.24, 2.45) is 0 Å². The summed E-state index contributed by atoms with van der Waals surface area (Å²) in [5.74, 6) is 0.369. The van der Waals surface area contributed by atoms with Crippen LogP contribution >= 0.6 is 0 Å². The standard InChI is InChI=1S/C22H22N2O5S/c1-15(25)16-5-13-21(14-6-16)30(27,28)24-19-7-3-17(4-8-19)22(26)23-18-9-11-20(29-2)12-10-18/h3-15,24-25H,1-2H3,(H,23,26)/t15-/m1/s1. The van der Waals surface area contributed by atoms with Crippen LogP contribution in [0, 0.1) is 0 Å². The van der Waals surface area contributed by atoms with E-state index in [-0.39, 0.29) is 10.8 Å². The first kappa shape index (κ1) is 21.4. The lowest BCUT2D eigenvalue weighted by Gasteiger charge is -2.11. The van der Waals surface area contributed by atoms with Crippen LogP contribution in [0.2, 0.25) is 0 Å². The lowest BCUT2D eigenvalue weighted by atomic mass is 10.1. The van der Waals surface area contributed by atoms with E-state index in [0.29, 0.717) is 28.3 Å². The Labute approximate surface area is 175 Å². The minimum Gasteiger partial charge on any atom is -0.497 e. The first-order valence-corrected chi connectivity index (χ1v) is 10.6. The molecule has 8 heteroatoms. The van der Waals surface area contributed by atoms with Crippen molar-refractivity contribution in [3.63, 3.8) is 0 Å². The molecule has 30 heavy (non-hydrogen) atoms. The fraction of sp³-hybridized carbons (Fsp3) is 0.136. The Morgan fingerprint density at radius 2 is 1.47 bits per heavy atom. The van der Waals surface area contributed by atoms with Gasteiger partial charge in [-0.25, -0.2) is 8.42 Å². The molecule has 0 radical (unpaired) electrons. The van der Waals surface area contributed by atoms with Gasteiger partial charge in [-0.05, 0) is 73.2 Å². The number of hydrogen-bond acceptors (Lipinski definition) is 5. The van der Waals surface area contributed by atoms with Gasteiger partial charge in [0.25, 0.3) is 15.9 Å². The number of rotatable bonds is 7. The maximum absolute atomic E-state index is 12.5. The third kappa shape index (κ3) is 5.16. The summed E-state index contributed by atoms with van der Waals surface area (Å²) in [5.41, 5.74) is 1.96. The minimum atomic E-state index is -3.79. The Balaban J connectivity index is 1.67. The van der Waals surface area contributed by atoms with E-state index >= 15 is 0 Å². The largest absolute Gasteiger partial charge is 0.497 e. The van der Waals surface area contributed by atoms with Crippen molar-refractivity contribution in [2.75, 3.05) is 17.1 Å². The number of aliphatic hydroxyl groups excluding tert-OH is 1. The van der Waals surface area contributed by atoms with E-state index in [4.69, 9.17) is 4.74 Å². The quantitative estimate of drug-likeness (QED) is 0.533. The Bertz CT molecular complexity index is 1110. The van der Waals surface area contributed by atoms with Gasteiger partial charge in [-0.1, -0.05) is 12.1 Å². The molecule has 1 atom stereocenters. The molecule has 0 saturated carbocycles. The van der Waals surface area contributed by atoms with Crippen molar-refractivity contribution in [1.82, 2.24) is 0 Å². The van der Waals surface area contributed by atoms with Gasteiger partial charge in [-0.3, -0.25) is 9.52 Å². The summed E-state index contributed by atoms with van der Waals surface area (Å²) in [5, 5.41) is 12.3. The summed E-state index contributed by atoms with van der Waals surface area (Å²) in [6.07, 6.45) is -0.675. The van der Waals surface area contributed by atoms with Crippen molar-refractivity contribution >= 4 is 27.3 Å². The van der Waals surface area contributed by atoms with E-state index in [0.717, 1.165) is 0 Å². The zero-order valence-corrected chi connectivity index (χ0v) is 17.3. The predicted octanol–water partition coefficient (Wildman–Crippen LogP) is 3.80. The molecule has 3 rings (SSSR count). The van der Waals surface area contributed by atoms with Crippen molar-refractivity contribution in [1.29, 1.82) is 0 Å². The number of sulfonamides is 1. The van der Waals surface area contributed by atoms with Gasteiger partial charge < -0.3 is 15.2 Å². The second-order valence-corrected chi connectivity index (χ2v) is 8.29. The summed E-state index contributed by atoms with van der Waals surface area (Å²) < 4.78 is 32.6. The molecule has 3 N–H and O–H groups in total. The highest BCUT2D eigenvalue weighted by molar-refractivity contribution is 7.92. The second kappa shape index (κ2) is 8.98. The Hall–Kier alpha value is -3.36. The number of anilines is 2.